The highest BCUT2D eigenvalue weighted by atomic mass is 14.0. The van der Waals surface area contributed by atoms with Crippen molar-refractivity contribution in [3.05, 3.63) is 47.6 Å². The van der Waals surface area contributed by atoms with E-state index in [9.17, 15) is 0 Å². The topological polar surface area (TPSA) is 0 Å². The van der Waals surface area contributed by atoms with Crippen molar-refractivity contribution in [1.29, 1.82) is 0 Å². The second-order valence-electron chi connectivity index (χ2n) is 7.43. The number of hydrogen-bond donors (Lipinski definition) is 0. The summed E-state index contributed by atoms with van der Waals surface area (Å²) in [4.78, 5) is 0. The molecule has 0 aromatic carbocycles. The average molecular weight is 425 g/mol. The van der Waals surface area contributed by atoms with Crippen LogP contribution >= 0.6 is 0 Å². The molecule has 0 bridgehead atoms. The summed E-state index contributed by atoms with van der Waals surface area (Å²) in [6.07, 6.45) is 14.8. The summed E-state index contributed by atoms with van der Waals surface area (Å²) in [5.74, 6) is 0. The molecule has 0 aliphatic carbocycles. The molecule has 0 aliphatic rings. The van der Waals surface area contributed by atoms with Crippen LogP contribution in [0.1, 0.15) is 148 Å². The highest BCUT2D eigenvalue weighted by Crippen LogP contribution is 2.14. The molecule has 0 radical (unpaired) electrons. The van der Waals surface area contributed by atoms with Crippen molar-refractivity contribution in [2.45, 2.75) is 148 Å². The van der Waals surface area contributed by atoms with E-state index >= 15 is 0 Å². The van der Waals surface area contributed by atoms with E-state index in [2.05, 4.69) is 73.8 Å². The molecule has 30 heavy (non-hydrogen) atoms. The fourth-order valence-corrected chi connectivity index (χ4v) is 1.61. The maximum atomic E-state index is 3.86. The summed E-state index contributed by atoms with van der Waals surface area (Å²) in [6, 6.07) is 0. The van der Waals surface area contributed by atoms with Gasteiger partial charge in [0.1, 0.15) is 0 Å². The van der Waals surface area contributed by atoms with E-state index in [1.54, 1.807) is 0 Å². The lowest BCUT2D eigenvalue weighted by atomic mass is 10.0. The molecule has 0 rings (SSSR count). The monoisotopic (exact) mass is 425 g/mol. The molecule has 0 aliphatic heterocycles. The predicted octanol–water partition coefficient (Wildman–Crippen LogP) is 12.3. The van der Waals surface area contributed by atoms with Gasteiger partial charge in [0.15, 0.2) is 0 Å². The van der Waals surface area contributed by atoms with Crippen LogP contribution in [-0.2, 0) is 0 Å². The molecule has 0 fully saturated rings. The van der Waals surface area contributed by atoms with E-state index in [-0.39, 0.29) is 0 Å². The van der Waals surface area contributed by atoms with Crippen LogP contribution < -0.4 is 0 Å². The van der Waals surface area contributed by atoms with Crippen LogP contribution in [0.5, 0.6) is 0 Å². The lowest BCUT2D eigenvalue weighted by Gasteiger charge is -2.03. The van der Waals surface area contributed by atoms with Crippen LogP contribution in [0.2, 0.25) is 0 Å². The van der Waals surface area contributed by atoms with Crippen LogP contribution in [0.15, 0.2) is 47.6 Å². The predicted molar refractivity (Wildman–Crippen MR) is 151 cm³/mol. The summed E-state index contributed by atoms with van der Waals surface area (Å²) >= 11 is 0. The zero-order valence-electron chi connectivity index (χ0n) is 24.2. The van der Waals surface area contributed by atoms with Gasteiger partial charge in [-0.15, -0.1) is 6.58 Å². The van der Waals surface area contributed by atoms with Crippen LogP contribution in [0, 0.1) is 0 Å². The molecule has 0 heteroatoms. The summed E-state index contributed by atoms with van der Waals surface area (Å²) in [5, 5.41) is 0. The molecule has 0 N–H and O–H groups in total. The third-order valence-electron chi connectivity index (χ3n) is 2.97. The molecular formula is C30H64. The Bertz CT molecular complexity index is 340. The Balaban J connectivity index is -0.0000000705. The third kappa shape index (κ3) is 81.2. The smallest absolute Gasteiger partial charge is 0.0280 e. The molecule has 0 saturated heterocycles. The van der Waals surface area contributed by atoms with Gasteiger partial charge < -0.3 is 0 Å². The Morgan fingerprint density at radius 1 is 0.600 bits per heavy atom. The van der Waals surface area contributed by atoms with Crippen molar-refractivity contribution in [1.82, 2.24) is 0 Å². The Morgan fingerprint density at radius 3 is 1.10 bits per heavy atom. The number of rotatable bonds is 8. The van der Waals surface area contributed by atoms with Crippen LogP contribution in [0.3, 0.4) is 0 Å². The Morgan fingerprint density at radius 2 is 0.900 bits per heavy atom. The van der Waals surface area contributed by atoms with Crippen LogP contribution in [-0.4, -0.2) is 0 Å². The molecule has 0 unspecified atom stereocenters. The summed E-state index contributed by atoms with van der Waals surface area (Å²) in [7, 11) is 0. The van der Waals surface area contributed by atoms with Gasteiger partial charge in [-0.1, -0.05) is 136 Å². The molecule has 0 atom stereocenters. The minimum Gasteiger partial charge on any atom is -0.100 e. The normalized spacial score (nSPS) is 8.20. The van der Waals surface area contributed by atoms with Crippen molar-refractivity contribution in [2.75, 3.05) is 0 Å². The van der Waals surface area contributed by atoms with Crippen molar-refractivity contribution >= 4 is 0 Å². The molecule has 184 valence electrons. The molecule has 0 aromatic heterocycles. The molecule has 0 saturated carbocycles. The number of unbranched alkanes of at least 4 members (excludes halogenated alkanes) is 4. The molecule has 0 amide bonds. The van der Waals surface area contributed by atoms with Gasteiger partial charge in [-0.25, -0.2) is 0 Å². The van der Waals surface area contributed by atoms with E-state index in [1.165, 1.54) is 68.1 Å². The largest absolute Gasteiger partial charge is 0.100 e. The van der Waals surface area contributed by atoms with Gasteiger partial charge in [0.05, 0.1) is 0 Å². The minimum absolute atomic E-state index is 1.12. The zero-order chi connectivity index (χ0) is 25.4. The zero-order valence-corrected chi connectivity index (χ0v) is 24.2. The van der Waals surface area contributed by atoms with E-state index in [0.29, 0.717) is 0 Å². The van der Waals surface area contributed by atoms with Gasteiger partial charge in [0, 0.05) is 0 Å². The third-order valence-corrected chi connectivity index (χ3v) is 2.97. The molecule has 0 nitrogen and oxygen atoms in total. The van der Waals surface area contributed by atoms with Gasteiger partial charge >= 0.3 is 0 Å². The van der Waals surface area contributed by atoms with E-state index in [0.717, 1.165) is 5.57 Å². The quantitative estimate of drug-likeness (QED) is 0.206. The summed E-state index contributed by atoms with van der Waals surface area (Å²) in [5.41, 5.74) is 5.17. The minimum atomic E-state index is 1.12. The Labute approximate surface area is 196 Å². The second kappa shape index (κ2) is 46.3. The molecule has 0 spiro atoms. The number of allylic oxidation sites excluding steroid dienone is 6. The lowest BCUT2D eigenvalue weighted by molar-refractivity contribution is 0.702. The van der Waals surface area contributed by atoms with Crippen molar-refractivity contribution < 1.29 is 0 Å². The standard InChI is InChI=1S/C13H22.C6H14.C4H8.C3H8.2C2H6/c1-6-7-8-13(12(4)5)10-9-11(2)3;1-3-5-6-4-2;1-4(2)3;1-3-2;2*1-2/h9-10H,2,6-8H2,1,3-5H3;3-6H2,1-2H3;1H2,2-3H3;3H2,1-2H3;2*1-2H3/b10-9-;;;;;. The van der Waals surface area contributed by atoms with Crippen LogP contribution in [0.25, 0.3) is 0 Å². The molecular weight excluding hydrogens is 360 g/mol. The first-order valence-electron chi connectivity index (χ1n) is 12.8. The summed E-state index contributed by atoms with van der Waals surface area (Å²) < 4.78 is 0. The molecule has 0 heterocycles. The number of hydrogen-bond acceptors (Lipinski definition) is 0. The van der Waals surface area contributed by atoms with E-state index in [4.69, 9.17) is 0 Å². The maximum Gasteiger partial charge on any atom is -0.0280 e. The average Bonchev–Trinajstić information content (AvgIpc) is 2.69. The Kier molecular flexibility index (Phi) is 66.2. The first-order chi connectivity index (χ1) is 14.1. The maximum absolute atomic E-state index is 3.86. The Hall–Kier alpha value is -1.04. The van der Waals surface area contributed by atoms with Gasteiger partial charge in [0.2, 0.25) is 0 Å². The second-order valence-corrected chi connectivity index (χ2v) is 7.43. The molecule has 0 aromatic rings. The van der Waals surface area contributed by atoms with Gasteiger partial charge in [-0.2, -0.15) is 0 Å². The summed E-state index contributed by atoms with van der Waals surface area (Å²) in [6.45, 7) is 36.7. The van der Waals surface area contributed by atoms with E-state index < -0.39 is 0 Å². The first-order valence-corrected chi connectivity index (χ1v) is 12.8. The lowest BCUT2D eigenvalue weighted by Crippen LogP contribution is -1.83. The fourth-order valence-electron chi connectivity index (χ4n) is 1.61. The highest BCUT2D eigenvalue weighted by Gasteiger charge is 1.94. The van der Waals surface area contributed by atoms with Gasteiger partial charge in [-0.3, -0.25) is 0 Å². The van der Waals surface area contributed by atoms with Gasteiger partial charge in [0.25, 0.3) is 0 Å². The van der Waals surface area contributed by atoms with Crippen molar-refractivity contribution in [3.63, 3.8) is 0 Å². The van der Waals surface area contributed by atoms with Crippen molar-refractivity contribution in [3.8, 4) is 0 Å². The van der Waals surface area contributed by atoms with Gasteiger partial charge in [-0.05, 0) is 53.0 Å². The van der Waals surface area contributed by atoms with Crippen molar-refractivity contribution in [2.24, 2.45) is 0 Å². The first kappa shape index (κ1) is 42.9. The highest BCUT2D eigenvalue weighted by molar-refractivity contribution is 5.28. The SMILES string of the molecule is C=C(C)/C=C\C(CCCC)=C(C)C.C=C(C)C.CC.CC.CCC.CCCCCC. The van der Waals surface area contributed by atoms with E-state index in [1.807, 2.05) is 48.5 Å². The fraction of sp³-hybridized carbons (Fsp3) is 0.733. The van der Waals surface area contributed by atoms with Crippen LogP contribution in [0.4, 0.5) is 0 Å².